The van der Waals surface area contributed by atoms with Crippen LogP contribution in [0.25, 0.3) is 22.3 Å². The van der Waals surface area contributed by atoms with Crippen LogP contribution in [0.4, 0.5) is 0 Å². The zero-order valence-corrected chi connectivity index (χ0v) is 15.0. The first-order chi connectivity index (χ1) is 13.5. The summed E-state index contributed by atoms with van der Waals surface area (Å²) in [4.78, 5) is 0. The molecule has 0 aliphatic rings. The van der Waals surface area contributed by atoms with Gasteiger partial charge in [-0.25, -0.2) is 0 Å². The monoisotopic (exact) mass is 372 g/mol. The number of phenolic OH excluding ortho intramolecular Hbond substituents is 4. The van der Waals surface area contributed by atoms with E-state index < -0.39 is 0 Å². The molecule has 0 heterocycles. The highest BCUT2D eigenvalue weighted by Gasteiger charge is 2.06. The molecule has 4 aromatic carbocycles. The maximum absolute atomic E-state index is 9.60. The molecule has 4 heteroatoms. The summed E-state index contributed by atoms with van der Waals surface area (Å²) in [7, 11) is 0. The van der Waals surface area contributed by atoms with Gasteiger partial charge in [0.15, 0.2) is 11.5 Å². The van der Waals surface area contributed by atoms with Gasteiger partial charge in [0.1, 0.15) is 11.5 Å². The van der Waals surface area contributed by atoms with E-state index in [-0.39, 0.29) is 23.0 Å². The van der Waals surface area contributed by atoms with Crippen molar-refractivity contribution in [3.63, 3.8) is 0 Å². The fourth-order valence-corrected chi connectivity index (χ4v) is 2.69. The van der Waals surface area contributed by atoms with Gasteiger partial charge in [-0.2, -0.15) is 0 Å². The number of benzene rings is 4. The van der Waals surface area contributed by atoms with Gasteiger partial charge in [0.2, 0.25) is 0 Å². The predicted octanol–water partition coefficient (Wildman–Crippen LogP) is 5.53. The molecule has 28 heavy (non-hydrogen) atoms. The molecule has 0 atom stereocenters. The summed E-state index contributed by atoms with van der Waals surface area (Å²) < 4.78 is 0. The average Bonchev–Trinajstić information content (AvgIpc) is 2.72. The normalized spacial score (nSPS) is 10.0. The molecule has 4 nitrogen and oxygen atoms in total. The molecule has 140 valence electrons. The number of rotatable bonds is 2. The lowest BCUT2D eigenvalue weighted by Crippen LogP contribution is -1.78. The summed E-state index contributed by atoms with van der Waals surface area (Å²) in [6.45, 7) is 0. The molecule has 0 saturated heterocycles. The molecule has 4 N–H and O–H groups in total. The smallest absolute Gasteiger partial charge is 0.165 e. The summed E-state index contributed by atoms with van der Waals surface area (Å²) in [5.41, 5.74) is 3.57. The Hall–Kier alpha value is -3.92. The Bertz CT molecular complexity index is 981. The van der Waals surface area contributed by atoms with Gasteiger partial charge in [-0.05, 0) is 47.0 Å². The minimum absolute atomic E-state index is 0.0706. The summed E-state index contributed by atoms with van der Waals surface area (Å²) >= 11 is 0. The molecule has 0 bridgehead atoms. The Morgan fingerprint density at radius 3 is 1.39 bits per heavy atom. The number of hydrogen-bond acceptors (Lipinski definition) is 4. The van der Waals surface area contributed by atoms with Gasteiger partial charge in [0, 0.05) is 5.56 Å². The van der Waals surface area contributed by atoms with Crippen molar-refractivity contribution in [2.75, 3.05) is 0 Å². The molecule has 0 radical (unpaired) electrons. The third-order valence-corrected chi connectivity index (χ3v) is 4.17. The van der Waals surface area contributed by atoms with Gasteiger partial charge in [0.25, 0.3) is 0 Å². The van der Waals surface area contributed by atoms with Gasteiger partial charge in [-0.3, -0.25) is 0 Å². The number of hydrogen-bond donors (Lipinski definition) is 4. The highest BCUT2D eigenvalue weighted by atomic mass is 16.3. The minimum atomic E-state index is -0.0913. The van der Waals surface area contributed by atoms with E-state index in [1.165, 1.54) is 6.07 Å². The van der Waals surface area contributed by atoms with Crippen molar-refractivity contribution < 1.29 is 20.4 Å². The summed E-state index contributed by atoms with van der Waals surface area (Å²) in [6.07, 6.45) is 0. The molecule has 0 aliphatic carbocycles. The molecule has 4 rings (SSSR count). The quantitative estimate of drug-likeness (QED) is 0.349. The molecular formula is C24H20O4. The van der Waals surface area contributed by atoms with Gasteiger partial charge in [0.05, 0.1) is 0 Å². The Labute approximate surface area is 163 Å². The number of phenols is 4. The van der Waals surface area contributed by atoms with Crippen molar-refractivity contribution in [1.29, 1.82) is 0 Å². The van der Waals surface area contributed by atoms with Crippen molar-refractivity contribution in [3.05, 3.63) is 97.1 Å². The Balaban J connectivity index is 0.000000161. The molecule has 0 amide bonds. The van der Waals surface area contributed by atoms with Crippen molar-refractivity contribution in [2.24, 2.45) is 0 Å². The van der Waals surface area contributed by atoms with E-state index >= 15 is 0 Å². The Morgan fingerprint density at radius 1 is 0.393 bits per heavy atom. The standard InChI is InChI=1S/2C12H10O2/c13-11-5-1-9(2-6-11)10-3-7-12(14)8-4-10;13-11-8-4-7-10(12(11)14)9-5-2-1-3-6-9/h2*1-8,13-14H. The first kappa shape index (κ1) is 18.9. The highest BCUT2D eigenvalue weighted by Crippen LogP contribution is 2.35. The van der Waals surface area contributed by atoms with Crippen molar-refractivity contribution >= 4 is 0 Å². The van der Waals surface area contributed by atoms with Gasteiger partial charge in [-0.15, -0.1) is 0 Å². The molecular weight excluding hydrogens is 352 g/mol. The van der Waals surface area contributed by atoms with Crippen LogP contribution < -0.4 is 0 Å². The van der Waals surface area contributed by atoms with E-state index in [0.717, 1.165) is 16.7 Å². The van der Waals surface area contributed by atoms with Crippen LogP contribution in [0.5, 0.6) is 23.0 Å². The lowest BCUT2D eigenvalue weighted by atomic mass is 10.0. The summed E-state index contributed by atoms with van der Waals surface area (Å²) in [5.74, 6) is 0.352. The van der Waals surface area contributed by atoms with E-state index in [1.807, 2.05) is 54.6 Å². The maximum Gasteiger partial charge on any atom is 0.165 e. The van der Waals surface area contributed by atoms with Crippen LogP contribution in [0, 0.1) is 0 Å². The molecule has 0 fully saturated rings. The van der Waals surface area contributed by atoms with Gasteiger partial charge < -0.3 is 20.4 Å². The largest absolute Gasteiger partial charge is 0.508 e. The SMILES string of the molecule is Oc1ccc(-c2ccc(O)cc2)cc1.Oc1cccc(-c2ccccc2)c1O. The average molecular weight is 372 g/mol. The Morgan fingerprint density at radius 2 is 0.893 bits per heavy atom. The second-order valence-electron chi connectivity index (χ2n) is 6.13. The maximum atomic E-state index is 9.60. The summed E-state index contributed by atoms with van der Waals surface area (Å²) in [6, 6.07) is 28.3. The van der Waals surface area contributed by atoms with Crippen LogP contribution in [0.1, 0.15) is 0 Å². The topological polar surface area (TPSA) is 80.9 Å². The van der Waals surface area contributed by atoms with E-state index in [2.05, 4.69) is 0 Å². The van der Waals surface area contributed by atoms with E-state index in [1.54, 1.807) is 36.4 Å². The van der Waals surface area contributed by atoms with E-state index in [0.29, 0.717) is 5.56 Å². The van der Waals surface area contributed by atoms with Crippen LogP contribution in [0.15, 0.2) is 97.1 Å². The van der Waals surface area contributed by atoms with Gasteiger partial charge >= 0.3 is 0 Å². The van der Waals surface area contributed by atoms with Crippen LogP contribution in [0.2, 0.25) is 0 Å². The van der Waals surface area contributed by atoms with Crippen LogP contribution in [0.3, 0.4) is 0 Å². The lowest BCUT2D eigenvalue weighted by molar-refractivity contribution is 0.405. The van der Waals surface area contributed by atoms with Crippen molar-refractivity contribution in [1.82, 2.24) is 0 Å². The molecule has 4 aromatic rings. The van der Waals surface area contributed by atoms with Crippen molar-refractivity contribution in [2.45, 2.75) is 0 Å². The number of para-hydroxylation sites is 1. The molecule has 0 aliphatic heterocycles. The second-order valence-corrected chi connectivity index (χ2v) is 6.13. The molecule has 0 aromatic heterocycles. The molecule has 0 saturated carbocycles. The fraction of sp³-hybridized carbons (Fsp3) is 0. The molecule has 0 unspecified atom stereocenters. The van der Waals surface area contributed by atoms with Crippen LogP contribution in [-0.2, 0) is 0 Å². The predicted molar refractivity (Wildman–Crippen MR) is 110 cm³/mol. The zero-order valence-electron chi connectivity index (χ0n) is 15.0. The summed E-state index contributed by atoms with van der Waals surface area (Å²) in [5, 5.41) is 37.1. The lowest BCUT2D eigenvalue weighted by Gasteiger charge is -2.05. The third-order valence-electron chi connectivity index (χ3n) is 4.17. The van der Waals surface area contributed by atoms with Crippen LogP contribution in [-0.4, -0.2) is 20.4 Å². The van der Waals surface area contributed by atoms with E-state index in [4.69, 9.17) is 10.2 Å². The Kier molecular flexibility index (Phi) is 5.82. The van der Waals surface area contributed by atoms with Gasteiger partial charge in [-0.1, -0.05) is 66.7 Å². The van der Waals surface area contributed by atoms with Crippen LogP contribution >= 0.6 is 0 Å². The molecule has 0 spiro atoms. The number of aromatic hydroxyl groups is 4. The first-order valence-electron chi connectivity index (χ1n) is 8.69. The highest BCUT2D eigenvalue weighted by molar-refractivity contribution is 5.72. The third kappa shape index (κ3) is 4.62. The van der Waals surface area contributed by atoms with E-state index in [9.17, 15) is 10.2 Å². The minimum Gasteiger partial charge on any atom is -0.508 e. The zero-order chi connectivity index (χ0) is 19.9. The second kappa shape index (κ2) is 8.64. The first-order valence-corrected chi connectivity index (χ1v) is 8.69. The van der Waals surface area contributed by atoms with Crippen molar-refractivity contribution in [3.8, 4) is 45.3 Å². The fourth-order valence-electron chi connectivity index (χ4n) is 2.69.